The zero-order valence-corrected chi connectivity index (χ0v) is 11.7. The predicted octanol–water partition coefficient (Wildman–Crippen LogP) is 3.41. The van der Waals surface area contributed by atoms with Crippen molar-refractivity contribution in [2.75, 3.05) is 6.61 Å². The molecule has 4 nitrogen and oxygen atoms in total. The van der Waals surface area contributed by atoms with Crippen molar-refractivity contribution in [1.82, 2.24) is 0 Å². The highest BCUT2D eigenvalue weighted by Gasteiger charge is 2.23. The molecule has 1 aromatic rings. The highest BCUT2D eigenvalue weighted by Crippen LogP contribution is 2.28. The maximum atomic E-state index is 13.4. The van der Waals surface area contributed by atoms with Crippen molar-refractivity contribution in [3.05, 3.63) is 29.0 Å². The number of para-hydroxylation sites is 1. The van der Waals surface area contributed by atoms with Gasteiger partial charge in [-0.05, 0) is 25.0 Å². The minimum atomic E-state index is -0.483. The molecule has 0 heterocycles. The number of nitrogens with two attached hydrogens (primary N) is 1. The van der Waals surface area contributed by atoms with Crippen LogP contribution in [0.3, 0.4) is 0 Å². The van der Waals surface area contributed by atoms with Crippen LogP contribution in [0.15, 0.2) is 23.4 Å². The molecule has 0 aliphatic carbocycles. The Hall–Kier alpha value is -1.49. The van der Waals surface area contributed by atoms with Crippen LogP contribution in [0.2, 0.25) is 5.02 Å². The molecular formula is C13H18ClFN2O2. The number of hydrogen-bond acceptors (Lipinski definition) is 3. The Labute approximate surface area is 117 Å². The lowest BCUT2D eigenvalue weighted by Crippen LogP contribution is -2.32. The second-order valence-corrected chi connectivity index (χ2v) is 5.28. The van der Waals surface area contributed by atoms with Crippen molar-refractivity contribution < 1.29 is 14.3 Å². The van der Waals surface area contributed by atoms with Crippen molar-refractivity contribution in [3.63, 3.8) is 0 Å². The van der Waals surface area contributed by atoms with Gasteiger partial charge in [0.15, 0.2) is 11.6 Å². The molecular weight excluding hydrogens is 271 g/mol. The number of oxime groups is 1. The van der Waals surface area contributed by atoms with E-state index in [2.05, 4.69) is 5.16 Å². The molecule has 0 unspecified atom stereocenters. The summed E-state index contributed by atoms with van der Waals surface area (Å²) in [5.41, 5.74) is 5.14. The van der Waals surface area contributed by atoms with E-state index < -0.39 is 11.2 Å². The lowest BCUT2D eigenvalue weighted by atomic mass is 9.87. The Balaban J connectivity index is 2.48. The number of halogens is 2. The van der Waals surface area contributed by atoms with Crippen molar-refractivity contribution in [1.29, 1.82) is 0 Å². The summed E-state index contributed by atoms with van der Waals surface area (Å²) in [5.74, 6) is -0.259. The molecule has 0 radical (unpaired) electrons. The third-order valence-electron chi connectivity index (χ3n) is 2.91. The summed E-state index contributed by atoms with van der Waals surface area (Å²) >= 11 is 5.83. The van der Waals surface area contributed by atoms with Crippen LogP contribution >= 0.6 is 11.6 Å². The molecule has 0 aromatic heterocycles. The van der Waals surface area contributed by atoms with Crippen LogP contribution in [0.25, 0.3) is 0 Å². The molecule has 0 aliphatic heterocycles. The third kappa shape index (κ3) is 4.28. The van der Waals surface area contributed by atoms with E-state index in [1.54, 1.807) is 6.07 Å². The molecule has 0 fully saturated rings. The Bertz CT molecular complexity index is 444. The number of benzene rings is 1. The molecule has 6 heteroatoms. The molecule has 0 spiro atoms. The Morgan fingerprint density at radius 1 is 1.53 bits per heavy atom. The van der Waals surface area contributed by atoms with Gasteiger partial charge in [0.2, 0.25) is 0 Å². The first kappa shape index (κ1) is 15.6. The number of rotatable bonds is 6. The van der Waals surface area contributed by atoms with Gasteiger partial charge in [0.1, 0.15) is 5.84 Å². The molecule has 0 saturated heterocycles. The minimum Gasteiger partial charge on any atom is -0.489 e. The van der Waals surface area contributed by atoms with Gasteiger partial charge in [0.05, 0.1) is 11.6 Å². The zero-order valence-electron chi connectivity index (χ0n) is 11.0. The molecule has 3 N–H and O–H groups in total. The maximum Gasteiger partial charge on any atom is 0.173 e. The van der Waals surface area contributed by atoms with Gasteiger partial charge in [-0.3, -0.25) is 0 Å². The summed E-state index contributed by atoms with van der Waals surface area (Å²) in [6.07, 6.45) is 1.28. The molecule has 1 rings (SSSR count). The normalized spacial score (nSPS) is 12.5. The summed E-state index contributed by atoms with van der Waals surface area (Å²) in [5, 5.41) is 11.9. The average Bonchev–Trinajstić information content (AvgIpc) is 2.36. The number of nitrogens with zero attached hydrogens (tertiary/aromatic N) is 1. The highest BCUT2D eigenvalue weighted by atomic mass is 35.5. The largest absolute Gasteiger partial charge is 0.489 e. The van der Waals surface area contributed by atoms with Crippen molar-refractivity contribution >= 4 is 17.4 Å². The fraction of sp³-hybridized carbons (Fsp3) is 0.462. The van der Waals surface area contributed by atoms with Gasteiger partial charge < -0.3 is 15.7 Å². The SMILES string of the molecule is CC(C)(CCCOc1c(F)cccc1Cl)/C(N)=N/O. The zero-order chi connectivity index (χ0) is 14.5. The summed E-state index contributed by atoms with van der Waals surface area (Å²) in [6.45, 7) is 4.03. The van der Waals surface area contributed by atoms with E-state index in [9.17, 15) is 4.39 Å². The van der Waals surface area contributed by atoms with Crippen LogP contribution < -0.4 is 10.5 Å². The Kier molecular flexibility index (Phi) is 5.42. The molecule has 19 heavy (non-hydrogen) atoms. The minimum absolute atomic E-state index is 0.0609. The van der Waals surface area contributed by atoms with E-state index in [1.165, 1.54) is 12.1 Å². The Morgan fingerprint density at radius 2 is 2.21 bits per heavy atom. The van der Waals surface area contributed by atoms with Crippen LogP contribution in [0.5, 0.6) is 5.75 Å². The van der Waals surface area contributed by atoms with E-state index in [4.69, 9.17) is 27.3 Å². The molecule has 0 amide bonds. The van der Waals surface area contributed by atoms with E-state index in [0.717, 1.165) is 0 Å². The molecule has 0 atom stereocenters. The second-order valence-electron chi connectivity index (χ2n) is 4.87. The first-order chi connectivity index (χ1) is 8.88. The molecule has 0 aliphatic rings. The van der Waals surface area contributed by atoms with Gasteiger partial charge >= 0.3 is 0 Å². The Morgan fingerprint density at radius 3 is 2.79 bits per heavy atom. The van der Waals surface area contributed by atoms with Crippen LogP contribution in [-0.4, -0.2) is 17.6 Å². The van der Waals surface area contributed by atoms with Crippen LogP contribution in [0.4, 0.5) is 4.39 Å². The fourth-order valence-corrected chi connectivity index (χ4v) is 1.79. The molecule has 1 aromatic carbocycles. The fourth-order valence-electron chi connectivity index (χ4n) is 1.57. The monoisotopic (exact) mass is 288 g/mol. The van der Waals surface area contributed by atoms with E-state index in [0.29, 0.717) is 19.4 Å². The summed E-state index contributed by atoms with van der Waals surface area (Å²) in [6, 6.07) is 4.38. The summed E-state index contributed by atoms with van der Waals surface area (Å²) < 4.78 is 18.7. The maximum absolute atomic E-state index is 13.4. The van der Waals surface area contributed by atoms with Crippen molar-refractivity contribution in [2.24, 2.45) is 16.3 Å². The average molecular weight is 289 g/mol. The van der Waals surface area contributed by atoms with Gasteiger partial charge in [0, 0.05) is 5.41 Å². The van der Waals surface area contributed by atoms with E-state index in [1.807, 2.05) is 13.8 Å². The summed E-state index contributed by atoms with van der Waals surface area (Å²) in [4.78, 5) is 0. The molecule has 0 bridgehead atoms. The van der Waals surface area contributed by atoms with E-state index in [-0.39, 0.29) is 16.6 Å². The molecule has 0 saturated carbocycles. The first-order valence-electron chi connectivity index (χ1n) is 5.93. The van der Waals surface area contributed by atoms with Gasteiger partial charge in [-0.15, -0.1) is 0 Å². The van der Waals surface area contributed by atoms with Crippen molar-refractivity contribution in [2.45, 2.75) is 26.7 Å². The van der Waals surface area contributed by atoms with Gasteiger partial charge in [-0.1, -0.05) is 36.7 Å². The number of amidine groups is 1. The first-order valence-corrected chi connectivity index (χ1v) is 6.31. The second kappa shape index (κ2) is 6.61. The van der Waals surface area contributed by atoms with E-state index >= 15 is 0 Å². The lowest BCUT2D eigenvalue weighted by molar-refractivity contribution is 0.269. The van der Waals surface area contributed by atoms with Crippen LogP contribution in [0, 0.1) is 11.2 Å². The smallest absolute Gasteiger partial charge is 0.173 e. The topological polar surface area (TPSA) is 67.8 Å². The lowest BCUT2D eigenvalue weighted by Gasteiger charge is -2.22. The van der Waals surface area contributed by atoms with Crippen LogP contribution in [-0.2, 0) is 0 Å². The summed E-state index contributed by atoms with van der Waals surface area (Å²) in [7, 11) is 0. The third-order valence-corrected chi connectivity index (χ3v) is 3.21. The quantitative estimate of drug-likeness (QED) is 0.277. The highest BCUT2D eigenvalue weighted by molar-refractivity contribution is 6.32. The number of hydrogen-bond donors (Lipinski definition) is 2. The van der Waals surface area contributed by atoms with Gasteiger partial charge in [-0.25, -0.2) is 4.39 Å². The van der Waals surface area contributed by atoms with Crippen molar-refractivity contribution in [3.8, 4) is 5.75 Å². The van der Waals surface area contributed by atoms with Crippen LogP contribution in [0.1, 0.15) is 26.7 Å². The standard InChI is InChI=1S/C13H18ClFN2O2/c1-13(2,12(16)17-18)7-4-8-19-11-9(14)5-3-6-10(11)15/h3,5-6,18H,4,7-8H2,1-2H3,(H2,16,17). The van der Waals surface area contributed by atoms with Gasteiger partial charge in [-0.2, -0.15) is 0 Å². The number of ether oxygens (including phenoxy) is 1. The predicted molar refractivity (Wildman–Crippen MR) is 73.3 cm³/mol. The van der Waals surface area contributed by atoms with Gasteiger partial charge in [0.25, 0.3) is 0 Å². The molecule has 106 valence electrons.